The number of aliphatic carboxylic acids is 1. The number of quaternary nitrogens is 1. The summed E-state index contributed by atoms with van der Waals surface area (Å²) >= 11 is 0. The van der Waals surface area contributed by atoms with Crippen LogP contribution in [0.1, 0.15) is 0 Å². The quantitative estimate of drug-likeness (QED) is 0.381. The van der Waals surface area contributed by atoms with Crippen LogP contribution in [0.15, 0.2) is 0 Å². The number of hydrogen-bond acceptors (Lipinski definition) is 1. The van der Waals surface area contributed by atoms with Gasteiger partial charge in [-0.15, -0.1) is 0 Å². The van der Waals surface area contributed by atoms with Gasteiger partial charge in [-0.1, -0.05) is 0 Å². The second-order valence-electron chi connectivity index (χ2n) is 3.13. The monoisotopic (exact) mass is 148 g/mol. The summed E-state index contributed by atoms with van der Waals surface area (Å²) in [7, 11) is 6.39. The second kappa shape index (κ2) is 2.49. The Morgan fingerprint density at radius 1 is 1.56 bits per heavy atom. The summed E-state index contributed by atoms with van der Waals surface area (Å²) in [5.41, 5.74) is -0.190. The Labute approximate surface area is 58.3 Å². The lowest BCUT2D eigenvalue weighted by atomic mass is 10.5. The molecule has 1 N–H and O–H groups in total. The third kappa shape index (κ3) is 2.62. The predicted octanol–water partition coefficient (Wildman–Crippen LogP) is -1.53. The molecule has 0 aliphatic carbocycles. The number of hydrogen-bond donors (Lipinski definition) is 1. The molecule has 3 nitrogen and oxygen atoms in total. The van der Waals surface area contributed by atoms with Gasteiger partial charge in [0.15, 0.2) is 5.67 Å². The molecule has 0 aromatic rings. The van der Waals surface area contributed by atoms with Crippen LogP contribution in [-0.2, 0) is 4.79 Å². The van der Waals surface area contributed by atoms with E-state index in [1.807, 2.05) is 21.1 Å². The van der Waals surface area contributed by atoms with Gasteiger partial charge in [-0.3, -0.25) is 0 Å². The fourth-order valence-electron chi connectivity index (χ4n) is 0.331. The van der Waals surface area contributed by atoms with Crippen LogP contribution < -0.4 is 0 Å². The standard InChI is InChI=1S/C5H13NO2Si/c1-6(2,3)4(9)5(7)8/h4H,1-3,9H3/p+1. The first-order valence-electron chi connectivity index (χ1n) is 2.89. The zero-order valence-corrected chi connectivity index (χ0v) is 8.38. The summed E-state index contributed by atoms with van der Waals surface area (Å²) in [5.74, 6) is -0.686. The molecule has 0 rings (SSSR count). The minimum Gasteiger partial charge on any atom is -0.477 e. The van der Waals surface area contributed by atoms with Crippen molar-refractivity contribution in [3.05, 3.63) is 0 Å². The van der Waals surface area contributed by atoms with Gasteiger partial charge in [0.2, 0.25) is 0 Å². The Morgan fingerprint density at radius 3 is 1.89 bits per heavy atom. The molecule has 9 heavy (non-hydrogen) atoms. The topological polar surface area (TPSA) is 37.3 Å². The van der Waals surface area contributed by atoms with Gasteiger partial charge in [-0.05, 0) is 0 Å². The molecule has 0 aromatic carbocycles. The van der Waals surface area contributed by atoms with Gasteiger partial charge in [0.25, 0.3) is 0 Å². The van der Waals surface area contributed by atoms with E-state index in [0.717, 1.165) is 0 Å². The predicted molar refractivity (Wildman–Crippen MR) is 39.4 cm³/mol. The molecule has 4 heteroatoms. The molecule has 0 aliphatic heterocycles. The number of likely N-dealkylation sites (N-methyl/N-ethyl adjacent to an activating group) is 1. The number of rotatable bonds is 2. The van der Waals surface area contributed by atoms with E-state index in [4.69, 9.17) is 5.11 Å². The van der Waals surface area contributed by atoms with Crippen LogP contribution in [0.4, 0.5) is 0 Å². The Bertz CT molecular complexity index is 119. The van der Waals surface area contributed by atoms with Crippen LogP contribution in [0.5, 0.6) is 0 Å². The smallest absolute Gasteiger partial charge is 0.356 e. The lowest BCUT2D eigenvalue weighted by Crippen LogP contribution is -2.50. The molecule has 0 aromatic heterocycles. The van der Waals surface area contributed by atoms with Gasteiger partial charge in [-0.25, -0.2) is 4.79 Å². The minimum atomic E-state index is -0.686. The van der Waals surface area contributed by atoms with Gasteiger partial charge in [0.1, 0.15) is 0 Å². The van der Waals surface area contributed by atoms with Crippen molar-refractivity contribution in [2.24, 2.45) is 0 Å². The fourth-order valence-corrected chi connectivity index (χ4v) is 0.331. The first-order chi connectivity index (χ1) is 3.85. The van der Waals surface area contributed by atoms with Crippen LogP contribution in [0, 0.1) is 0 Å². The van der Waals surface area contributed by atoms with Gasteiger partial charge >= 0.3 is 5.97 Å². The Kier molecular flexibility index (Phi) is 2.39. The largest absolute Gasteiger partial charge is 0.477 e. The Hall–Kier alpha value is -0.353. The highest BCUT2D eigenvalue weighted by molar-refractivity contribution is 6.21. The van der Waals surface area contributed by atoms with Crippen LogP contribution in [0.25, 0.3) is 0 Å². The zero-order valence-electron chi connectivity index (χ0n) is 6.38. The van der Waals surface area contributed by atoms with Crippen LogP contribution >= 0.6 is 0 Å². The van der Waals surface area contributed by atoms with Crippen LogP contribution in [0.2, 0.25) is 0 Å². The molecule has 0 amide bonds. The molecule has 0 fully saturated rings. The maximum absolute atomic E-state index is 10.4. The maximum atomic E-state index is 10.4. The number of carbonyl (C=O) groups is 1. The van der Waals surface area contributed by atoms with Gasteiger partial charge in [0, 0.05) is 0 Å². The summed E-state index contributed by atoms with van der Waals surface area (Å²) in [4.78, 5) is 10.4. The lowest BCUT2D eigenvalue weighted by molar-refractivity contribution is -0.874. The minimum absolute atomic E-state index is 0.190. The van der Waals surface area contributed by atoms with Crippen molar-refractivity contribution in [1.82, 2.24) is 0 Å². The third-order valence-electron chi connectivity index (χ3n) is 1.52. The summed E-state index contributed by atoms with van der Waals surface area (Å²) in [6.45, 7) is 0. The highest BCUT2D eigenvalue weighted by Crippen LogP contribution is 1.96. The molecule has 1 atom stereocenters. The molecule has 0 radical (unpaired) electrons. The molecule has 0 spiro atoms. The van der Waals surface area contributed by atoms with E-state index in [0.29, 0.717) is 14.7 Å². The zero-order chi connectivity index (χ0) is 7.65. The lowest BCUT2D eigenvalue weighted by Gasteiger charge is -2.28. The molecule has 1 unspecified atom stereocenters. The molecule has 0 saturated heterocycles. The van der Waals surface area contributed by atoms with Crippen molar-refractivity contribution in [3.8, 4) is 0 Å². The van der Waals surface area contributed by atoms with Crippen LogP contribution in [0.3, 0.4) is 0 Å². The van der Waals surface area contributed by atoms with E-state index in [1.54, 1.807) is 0 Å². The summed E-state index contributed by atoms with van der Waals surface area (Å²) in [6, 6.07) is 0. The second-order valence-corrected chi connectivity index (χ2v) is 4.22. The van der Waals surface area contributed by atoms with Gasteiger partial charge in [0.05, 0.1) is 31.4 Å². The highest BCUT2D eigenvalue weighted by atomic mass is 28.1. The van der Waals surface area contributed by atoms with Gasteiger partial charge < -0.3 is 9.59 Å². The third-order valence-corrected chi connectivity index (χ3v) is 3.56. The SMILES string of the molecule is C[N+](C)(C)C([SiH3])C(=O)O. The maximum Gasteiger partial charge on any atom is 0.356 e. The molecule has 0 aliphatic rings. The molecular formula is C5H14NO2Si+. The average molecular weight is 148 g/mol. The average Bonchev–Trinajstić information content (AvgIpc) is 1.62. The normalized spacial score (nSPS) is 15.4. The van der Waals surface area contributed by atoms with Crippen molar-refractivity contribution in [3.63, 3.8) is 0 Å². The summed E-state index contributed by atoms with van der Waals surface area (Å²) in [6.07, 6.45) is 0. The molecule has 54 valence electrons. The van der Waals surface area contributed by atoms with E-state index in [9.17, 15) is 4.79 Å². The number of nitrogens with zero attached hydrogens (tertiary/aromatic N) is 1. The summed E-state index contributed by atoms with van der Waals surface area (Å²) < 4.78 is 0.529. The van der Waals surface area contributed by atoms with Crippen molar-refractivity contribution < 1.29 is 14.4 Å². The Balaban J connectivity index is 4.04. The van der Waals surface area contributed by atoms with Crippen molar-refractivity contribution >= 4 is 16.2 Å². The van der Waals surface area contributed by atoms with E-state index >= 15 is 0 Å². The van der Waals surface area contributed by atoms with E-state index < -0.39 is 5.97 Å². The number of carboxylic acids is 1. The van der Waals surface area contributed by atoms with E-state index in [2.05, 4.69) is 0 Å². The molecular weight excluding hydrogens is 134 g/mol. The Morgan fingerprint density at radius 2 is 1.89 bits per heavy atom. The van der Waals surface area contributed by atoms with Gasteiger partial charge in [-0.2, -0.15) is 0 Å². The first kappa shape index (κ1) is 8.65. The number of carboxylic acid groups (broad SMARTS) is 1. The van der Waals surface area contributed by atoms with E-state index in [-0.39, 0.29) is 5.67 Å². The van der Waals surface area contributed by atoms with Crippen molar-refractivity contribution in [2.75, 3.05) is 21.1 Å². The molecule has 0 saturated carbocycles. The summed E-state index contributed by atoms with van der Waals surface area (Å²) in [5, 5.41) is 8.54. The van der Waals surface area contributed by atoms with Crippen molar-refractivity contribution in [2.45, 2.75) is 5.67 Å². The first-order valence-corrected chi connectivity index (χ1v) is 4.05. The van der Waals surface area contributed by atoms with E-state index in [1.165, 1.54) is 0 Å². The molecule has 0 heterocycles. The molecule has 0 bridgehead atoms. The van der Waals surface area contributed by atoms with Crippen molar-refractivity contribution in [1.29, 1.82) is 0 Å². The highest BCUT2D eigenvalue weighted by Gasteiger charge is 2.24. The van der Waals surface area contributed by atoms with Crippen LogP contribution in [-0.4, -0.2) is 52.6 Å². The fraction of sp³-hybridized carbons (Fsp3) is 0.800.